The molecule has 1 rings (SSSR count). The van der Waals surface area contributed by atoms with E-state index in [-0.39, 0.29) is 23.8 Å². The molecule has 4 nitrogen and oxygen atoms in total. The van der Waals surface area contributed by atoms with E-state index in [1.165, 1.54) is 0 Å². The Labute approximate surface area is 104 Å². The topological polar surface area (TPSA) is 49.4 Å². The molecule has 1 N–H and O–H groups in total. The van der Waals surface area contributed by atoms with Crippen LogP contribution in [0.2, 0.25) is 0 Å². The van der Waals surface area contributed by atoms with Crippen LogP contribution in [0.3, 0.4) is 0 Å². The Morgan fingerprint density at radius 3 is 2.35 bits per heavy atom. The van der Waals surface area contributed by atoms with Crippen LogP contribution in [0, 0.1) is 5.92 Å². The van der Waals surface area contributed by atoms with E-state index in [1.54, 1.807) is 4.90 Å². The summed E-state index contributed by atoms with van der Waals surface area (Å²) in [6.45, 7) is 10.3. The number of carbonyl (C=O) groups is 2. The minimum absolute atomic E-state index is 0.0215. The zero-order valence-corrected chi connectivity index (χ0v) is 11.5. The summed E-state index contributed by atoms with van der Waals surface area (Å²) in [6.07, 6.45) is 1.53. The molecule has 0 aromatic carbocycles. The van der Waals surface area contributed by atoms with E-state index >= 15 is 0 Å². The molecule has 98 valence electrons. The van der Waals surface area contributed by atoms with Crippen molar-refractivity contribution >= 4 is 11.8 Å². The number of nitrogens with zero attached hydrogens (tertiary/aromatic N) is 1. The van der Waals surface area contributed by atoms with Crippen LogP contribution in [-0.4, -0.2) is 34.8 Å². The molecular formula is C13H24N2O2. The molecular weight excluding hydrogens is 216 g/mol. The lowest BCUT2D eigenvalue weighted by Gasteiger charge is -2.46. The smallest absolute Gasteiger partial charge is 0.246 e. The molecule has 1 fully saturated rings. The van der Waals surface area contributed by atoms with Crippen LogP contribution < -0.4 is 5.32 Å². The van der Waals surface area contributed by atoms with Crippen molar-refractivity contribution in [1.29, 1.82) is 0 Å². The Hall–Kier alpha value is -1.06. The summed E-state index contributed by atoms with van der Waals surface area (Å²) >= 11 is 0. The van der Waals surface area contributed by atoms with Gasteiger partial charge >= 0.3 is 0 Å². The number of hydrogen-bond acceptors (Lipinski definition) is 2. The Kier molecular flexibility index (Phi) is 4.17. The van der Waals surface area contributed by atoms with Crippen LogP contribution in [0.25, 0.3) is 0 Å². The van der Waals surface area contributed by atoms with Crippen molar-refractivity contribution in [2.24, 2.45) is 5.92 Å². The maximum Gasteiger partial charge on any atom is 0.246 e. The molecule has 4 heteroatoms. The predicted molar refractivity (Wildman–Crippen MR) is 67.5 cm³/mol. The van der Waals surface area contributed by atoms with Crippen LogP contribution in [-0.2, 0) is 9.59 Å². The van der Waals surface area contributed by atoms with Crippen LogP contribution in [0.15, 0.2) is 0 Å². The molecule has 0 radical (unpaired) electrons. The van der Waals surface area contributed by atoms with Crippen molar-refractivity contribution in [2.75, 3.05) is 6.54 Å². The van der Waals surface area contributed by atoms with Crippen molar-refractivity contribution in [2.45, 2.75) is 59.0 Å². The number of likely N-dealkylation sites (N-methyl/N-ethyl adjacent to an activating group) is 1. The van der Waals surface area contributed by atoms with Gasteiger partial charge in [-0.25, -0.2) is 0 Å². The van der Waals surface area contributed by atoms with Gasteiger partial charge in [-0.3, -0.25) is 9.59 Å². The Morgan fingerprint density at radius 2 is 1.94 bits per heavy atom. The minimum atomic E-state index is -0.685. The molecule has 0 saturated carbocycles. The molecule has 17 heavy (non-hydrogen) atoms. The first kappa shape index (κ1) is 14.0. The summed E-state index contributed by atoms with van der Waals surface area (Å²) in [7, 11) is 0. The number of nitrogens with one attached hydrogen (secondary N) is 1. The summed E-state index contributed by atoms with van der Waals surface area (Å²) in [4.78, 5) is 26.3. The summed E-state index contributed by atoms with van der Waals surface area (Å²) in [5.74, 6) is 0.222. The number of piperazine rings is 1. The van der Waals surface area contributed by atoms with E-state index < -0.39 is 5.54 Å². The molecule has 1 aliphatic heterocycles. The summed E-state index contributed by atoms with van der Waals surface area (Å²) in [6, 6.07) is -0.355. The maximum absolute atomic E-state index is 12.4. The second-order valence-electron chi connectivity index (χ2n) is 5.05. The van der Waals surface area contributed by atoms with Gasteiger partial charge in [0, 0.05) is 6.54 Å². The molecule has 2 amide bonds. The fourth-order valence-electron chi connectivity index (χ4n) is 2.37. The number of rotatable bonds is 4. The Bertz CT molecular complexity index is 317. The third-order valence-electron chi connectivity index (χ3n) is 4.12. The normalized spacial score (nSPS) is 31.4. The first-order chi connectivity index (χ1) is 7.92. The van der Waals surface area contributed by atoms with Gasteiger partial charge in [0.25, 0.3) is 0 Å². The fraction of sp³-hybridized carbons (Fsp3) is 0.846. The second-order valence-corrected chi connectivity index (χ2v) is 5.05. The average Bonchev–Trinajstić information content (AvgIpc) is 2.33. The van der Waals surface area contributed by atoms with Gasteiger partial charge in [-0.1, -0.05) is 27.2 Å². The lowest BCUT2D eigenvalue weighted by molar-refractivity contribution is -0.157. The molecule has 3 unspecified atom stereocenters. The average molecular weight is 240 g/mol. The third kappa shape index (κ3) is 2.17. The van der Waals surface area contributed by atoms with E-state index in [1.807, 2.05) is 34.6 Å². The van der Waals surface area contributed by atoms with Gasteiger partial charge in [-0.2, -0.15) is 0 Å². The largest absolute Gasteiger partial charge is 0.342 e. The highest BCUT2D eigenvalue weighted by Gasteiger charge is 2.48. The highest BCUT2D eigenvalue weighted by Crippen LogP contribution is 2.27. The SMILES string of the molecule is CCC(C)C1NC(=O)C(C)(CC)N(CC)C1=O. The molecule has 0 aliphatic carbocycles. The van der Waals surface area contributed by atoms with Gasteiger partial charge in [0.2, 0.25) is 11.8 Å². The van der Waals surface area contributed by atoms with Crippen molar-refractivity contribution in [1.82, 2.24) is 10.2 Å². The van der Waals surface area contributed by atoms with Gasteiger partial charge in [0.15, 0.2) is 0 Å². The number of carbonyl (C=O) groups excluding carboxylic acids is 2. The van der Waals surface area contributed by atoms with Crippen LogP contribution in [0.5, 0.6) is 0 Å². The molecule has 1 heterocycles. The first-order valence-corrected chi connectivity index (χ1v) is 6.54. The van der Waals surface area contributed by atoms with E-state index in [0.29, 0.717) is 13.0 Å². The van der Waals surface area contributed by atoms with Crippen molar-refractivity contribution in [3.8, 4) is 0 Å². The number of hydrogen-bond donors (Lipinski definition) is 1. The first-order valence-electron chi connectivity index (χ1n) is 6.54. The quantitative estimate of drug-likeness (QED) is 0.810. The summed E-state index contributed by atoms with van der Waals surface area (Å²) in [5, 5.41) is 2.89. The monoisotopic (exact) mass is 240 g/mol. The maximum atomic E-state index is 12.4. The van der Waals surface area contributed by atoms with E-state index in [2.05, 4.69) is 5.32 Å². The lowest BCUT2D eigenvalue weighted by Crippen LogP contribution is -2.70. The van der Waals surface area contributed by atoms with Crippen LogP contribution >= 0.6 is 0 Å². The summed E-state index contributed by atoms with van der Waals surface area (Å²) in [5.41, 5.74) is -0.685. The van der Waals surface area contributed by atoms with Crippen LogP contribution in [0.1, 0.15) is 47.5 Å². The zero-order valence-electron chi connectivity index (χ0n) is 11.5. The van der Waals surface area contributed by atoms with Crippen LogP contribution in [0.4, 0.5) is 0 Å². The molecule has 0 aromatic heterocycles. The fourth-order valence-corrected chi connectivity index (χ4v) is 2.37. The van der Waals surface area contributed by atoms with E-state index in [0.717, 1.165) is 6.42 Å². The van der Waals surface area contributed by atoms with Crippen molar-refractivity contribution in [3.05, 3.63) is 0 Å². The van der Waals surface area contributed by atoms with Gasteiger partial charge < -0.3 is 10.2 Å². The van der Waals surface area contributed by atoms with Crippen molar-refractivity contribution < 1.29 is 9.59 Å². The van der Waals surface area contributed by atoms with Gasteiger partial charge in [-0.15, -0.1) is 0 Å². The standard InChI is InChI=1S/C13H24N2O2/c1-6-9(4)10-11(16)15(8-3)13(5,7-2)12(17)14-10/h9-10H,6-8H2,1-5H3,(H,14,17). The van der Waals surface area contributed by atoms with Gasteiger partial charge in [0.05, 0.1) is 0 Å². The van der Waals surface area contributed by atoms with E-state index in [4.69, 9.17) is 0 Å². The van der Waals surface area contributed by atoms with Gasteiger partial charge in [0.1, 0.15) is 11.6 Å². The molecule has 1 saturated heterocycles. The van der Waals surface area contributed by atoms with Crippen molar-refractivity contribution in [3.63, 3.8) is 0 Å². The third-order valence-corrected chi connectivity index (χ3v) is 4.12. The molecule has 1 aliphatic rings. The van der Waals surface area contributed by atoms with E-state index in [9.17, 15) is 9.59 Å². The highest BCUT2D eigenvalue weighted by atomic mass is 16.2. The van der Waals surface area contributed by atoms with Gasteiger partial charge in [-0.05, 0) is 26.2 Å². The predicted octanol–water partition coefficient (Wildman–Crippen LogP) is 1.55. The molecule has 0 bridgehead atoms. The lowest BCUT2D eigenvalue weighted by atomic mass is 9.86. The second kappa shape index (κ2) is 5.07. The number of amides is 2. The Balaban J connectivity index is 3.04. The molecule has 3 atom stereocenters. The Morgan fingerprint density at radius 1 is 1.35 bits per heavy atom. The highest BCUT2D eigenvalue weighted by molar-refractivity contribution is 5.99. The minimum Gasteiger partial charge on any atom is -0.342 e. The molecule has 0 spiro atoms. The molecule has 0 aromatic rings. The zero-order chi connectivity index (χ0) is 13.2. The summed E-state index contributed by atoms with van der Waals surface area (Å²) < 4.78 is 0.